The number of halogens is 1. The smallest absolute Gasteiger partial charge is 0.238 e. The second kappa shape index (κ2) is 12.8. The van der Waals surface area contributed by atoms with Crippen molar-refractivity contribution in [2.45, 2.75) is 18.1 Å². The minimum absolute atomic E-state index is 0.0700. The summed E-state index contributed by atoms with van der Waals surface area (Å²) in [7, 11) is 4.78. The van der Waals surface area contributed by atoms with Crippen LogP contribution in [0.15, 0.2) is 76.2 Å². The molecule has 0 aromatic heterocycles. The van der Waals surface area contributed by atoms with Crippen LogP contribution in [0, 0.1) is 0 Å². The maximum atomic E-state index is 13.3. The van der Waals surface area contributed by atoms with Gasteiger partial charge in [0.1, 0.15) is 11.0 Å². The first-order valence-electron chi connectivity index (χ1n) is 11.9. The van der Waals surface area contributed by atoms with E-state index >= 15 is 0 Å². The third kappa shape index (κ3) is 6.87. The highest BCUT2D eigenvalue weighted by Gasteiger charge is 2.35. The lowest BCUT2D eigenvalue weighted by Gasteiger charge is -2.32. The molecule has 0 saturated carbocycles. The number of methoxy groups -OCH3 is 3. The Morgan fingerprint density at radius 2 is 1.71 bits per heavy atom. The van der Waals surface area contributed by atoms with E-state index in [-0.39, 0.29) is 18.2 Å². The number of hydrogen-bond donors (Lipinski definition) is 1. The van der Waals surface area contributed by atoms with E-state index in [9.17, 15) is 9.59 Å². The summed E-state index contributed by atoms with van der Waals surface area (Å²) in [6.45, 7) is 0.400. The van der Waals surface area contributed by atoms with E-state index in [1.807, 2.05) is 42.5 Å². The van der Waals surface area contributed by atoms with Crippen LogP contribution in [-0.4, -0.2) is 55.0 Å². The fourth-order valence-electron chi connectivity index (χ4n) is 3.86. The molecule has 1 aliphatic heterocycles. The first kappa shape index (κ1) is 27.5. The Labute approximate surface area is 234 Å². The summed E-state index contributed by atoms with van der Waals surface area (Å²) >= 11 is 4.68. The Balaban J connectivity index is 1.55. The zero-order valence-electron chi connectivity index (χ0n) is 21.3. The van der Waals surface area contributed by atoms with Crippen molar-refractivity contribution >= 4 is 56.0 Å². The number of ether oxygens (including phenoxy) is 3. The number of nitrogens with one attached hydrogen (secondary N) is 1. The molecule has 1 heterocycles. The van der Waals surface area contributed by atoms with Gasteiger partial charge in [0.2, 0.25) is 11.8 Å². The van der Waals surface area contributed by atoms with Gasteiger partial charge in [-0.1, -0.05) is 33.8 Å². The van der Waals surface area contributed by atoms with Gasteiger partial charge in [-0.25, -0.2) is 4.99 Å². The molecule has 198 valence electrons. The third-order valence-electron chi connectivity index (χ3n) is 5.91. The van der Waals surface area contributed by atoms with Crippen molar-refractivity contribution in [1.82, 2.24) is 4.90 Å². The number of amides is 2. The number of amidine groups is 1. The molecule has 1 fully saturated rings. The van der Waals surface area contributed by atoms with E-state index in [2.05, 4.69) is 21.2 Å². The number of carbonyl (C=O) groups is 2. The molecule has 8 nitrogen and oxygen atoms in total. The SMILES string of the molecule is COc1ccc(N=C2SC(C(=O)Nc3ccc(Br)cc3)CC(=O)N2CCc2ccc(OC)c(OC)c2)cc1. The molecule has 4 rings (SSSR count). The molecule has 1 N–H and O–H groups in total. The summed E-state index contributed by atoms with van der Waals surface area (Å²) in [5, 5.41) is 2.77. The molecular formula is C28H28BrN3O5S. The average Bonchev–Trinajstić information content (AvgIpc) is 2.93. The number of anilines is 1. The molecule has 1 aliphatic rings. The van der Waals surface area contributed by atoms with Gasteiger partial charge in [0.15, 0.2) is 16.7 Å². The zero-order valence-corrected chi connectivity index (χ0v) is 23.7. The topological polar surface area (TPSA) is 89.5 Å². The van der Waals surface area contributed by atoms with E-state index in [1.165, 1.54) is 11.8 Å². The van der Waals surface area contributed by atoms with Crippen molar-refractivity contribution in [2.75, 3.05) is 33.2 Å². The molecule has 38 heavy (non-hydrogen) atoms. The van der Waals surface area contributed by atoms with E-state index in [0.29, 0.717) is 46.8 Å². The Kier molecular flexibility index (Phi) is 9.30. The molecule has 0 bridgehead atoms. The molecule has 10 heteroatoms. The second-order valence-corrected chi connectivity index (χ2v) is 10.5. The number of hydrogen-bond acceptors (Lipinski definition) is 7. The van der Waals surface area contributed by atoms with Gasteiger partial charge in [-0.2, -0.15) is 0 Å². The van der Waals surface area contributed by atoms with Gasteiger partial charge in [0.25, 0.3) is 0 Å². The Morgan fingerprint density at radius 1 is 1.00 bits per heavy atom. The predicted octanol–water partition coefficient (Wildman–Crippen LogP) is 5.68. The Bertz CT molecular complexity index is 1320. The standard InChI is InChI=1S/C28H28BrN3O5S/c1-35-22-11-9-21(10-12-22)31-28-32(15-14-18-4-13-23(36-2)24(16-18)37-3)26(33)17-25(38-28)27(34)30-20-7-5-19(29)6-8-20/h4-13,16,25H,14-15,17H2,1-3H3,(H,30,34). The second-order valence-electron chi connectivity index (χ2n) is 8.38. The van der Waals surface area contributed by atoms with Crippen LogP contribution in [0.25, 0.3) is 0 Å². The van der Waals surface area contributed by atoms with E-state index in [0.717, 1.165) is 10.0 Å². The summed E-state index contributed by atoms with van der Waals surface area (Å²) in [6.07, 6.45) is 0.643. The summed E-state index contributed by atoms with van der Waals surface area (Å²) in [5.41, 5.74) is 2.31. The van der Waals surface area contributed by atoms with Crippen LogP contribution in [0.5, 0.6) is 17.2 Å². The van der Waals surface area contributed by atoms with Gasteiger partial charge in [-0.3, -0.25) is 14.5 Å². The fraction of sp³-hybridized carbons (Fsp3) is 0.250. The summed E-state index contributed by atoms with van der Waals surface area (Å²) in [4.78, 5) is 32.8. The number of benzene rings is 3. The predicted molar refractivity (Wildman–Crippen MR) is 154 cm³/mol. The molecule has 3 aromatic carbocycles. The van der Waals surface area contributed by atoms with Crippen LogP contribution in [0.4, 0.5) is 11.4 Å². The molecule has 0 spiro atoms. The number of aliphatic imine (C=N–C) groups is 1. The monoisotopic (exact) mass is 597 g/mol. The van der Waals surface area contributed by atoms with E-state index in [4.69, 9.17) is 19.2 Å². The summed E-state index contributed by atoms with van der Waals surface area (Å²) in [5.74, 6) is 1.57. The van der Waals surface area contributed by atoms with Gasteiger partial charge in [-0.15, -0.1) is 0 Å². The quantitative estimate of drug-likeness (QED) is 0.341. The van der Waals surface area contributed by atoms with Gasteiger partial charge in [0, 0.05) is 23.1 Å². The van der Waals surface area contributed by atoms with Crippen LogP contribution < -0.4 is 19.5 Å². The average molecular weight is 599 g/mol. The normalized spacial score (nSPS) is 16.3. The summed E-state index contributed by atoms with van der Waals surface area (Å²) < 4.78 is 16.9. The highest BCUT2D eigenvalue weighted by atomic mass is 79.9. The molecule has 0 radical (unpaired) electrons. The first-order valence-corrected chi connectivity index (χ1v) is 13.5. The molecule has 1 atom stereocenters. The lowest BCUT2D eigenvalue weighted by atomic mass is 10.1. The first-order chi connectivity index (χ1) is 18.4. The molecule has 1 unspecified atom stereocenters. The van der Waals surface area contributed by atoms with Gasteiger partial charge < -0.3 is 19.5 Å². The zero-order chi connectivity index (χ0) is 27.1. The lowest BCUT2D eigenvalue weighted by Crippen LogP contribution is -2.46. The number of nitrogens with zero attached hydrogens (tertiary/aromatic N) is 2. The lowest BCUT2D eigenvalue weighted by molar-refractivity contribution is -0.129. The number of rotatable bonds is 9. The highest BCUT2D eigenvalue weighted by Crippen LogP contribution is 2.32. The van der Waals surface area contributed by atoms with Crippen LogP contribution in [0.2, 0.25) is 0 Å². The Hall–Kier alpha value is -3.50. The molecule has 1 saturated heterocycles. The molecule has 3 aromatic rings. The minimum atomic E-state index is -0.611. The van der Waals surface area contributed by atoms with Crippen molar-refractivity contribution in [3.63, 3.8) is 0 Å². The fourth-order valence-corrected chi connectivity index (χ4v) is 5.25. The molecule has 2 amide bonds. The Morgan fingerprint density at radius 3 is 2.37 bits per heavy atom. The molecule has 0 aliphatic carbocycles. The molecular weight excluding hydrogens is 570 g/mol. The number of thioether (sulfide) groups is 1. The van der Waals surface area contributed by atoms with Crippen molar-refractivity contribution in [2.24, 2.45) is 4.99 Å². The van der Waals surface area contributed by atoms with E-state index < -0.39 is 5.25 Å². The van der Waals surface area contributed by atoms with Crippen molar-refractivity contribution in [3.8, 4) is 17.2 Å². The van der Waals surface area contributed by atoms with Gasteiger partial charge >= 0.3 is 0 Å². The maximum Gasteiger partial charge on any atom is 0.238 e. The third-order valence-corrected chi connectivity index (χ3v) is 7.63. The van der Waals surface area contributed by atoms with Crippen molar-refractivity contribution in [1.29, 1.82) is 0 Å². The highest BCUT2D eigenvalue weighted by molar-refractivity contribution is 9.10. The van der Waals surface area contributed by atoms with Gasteiger partial charge in [0.05, 0.1) is 27.0 Å². The van der Waals surface area contributed by atoms with Crippen LogP contribution in [-0.2, 0) is 16.0 Å². The summed E-state index contributed by atoms with van der Waals surface area (Å²) in [6, 6.07) is 20.2. The van der Waals surface area contributed by atoms with Crippen molar-refractivity contribution < 1.29 is 23.8 Å². The largest absolute Gasteiger partial charge is 0.497 e. The van der Waals surface area contributed by atoms with Gasteiger partial charge in [-0.05, 0) is 72.6 Å². The minimum Gasteiger partial charge on any atom is -0.497 e. The van der Waals surface area contributed by atoms with Crippen LogP contribution in [0.1, 0.15) is 12.0 Å². The van der Waals surface area contributed by atoms with Crippen molar-refractivity contribution in [3.05, 3.63) is 76.8 Å². The van der Waals surface area contributed by atoms with E-state index in [1.54, 1.807) is 50.5 Å². The van der Waals surface area contributed by atoms with Crippen LogP contribution >= 0.6 is 27.7 Å². The van der Waals surface area contributed by atoms with Crippen LogP contribution in [0.3, 0.4) is 0 Å². The maximum absolute atomic E-state index is 13.3. The number of carbonyl (C=O) groups excluding carboxylic acids is 2.